The number of carbonyl (C=O) groups excluding carboxylic acids is 1. The van der Waals surface area contributed by atoms with Gasteiger partial charge in [-0.3, -0.25) is 4.79 Å². The van der Waals surface area contributed by atoms with Crippen LogP contribution < -0.4 is 0 Å². The molecule has 4 nitrogen and oxygen atoms in total. The summed E-state index contributed by atoms with van der Waals surface area (Å²) in [6, 6.07) is 6.74. The molecular formula is C19H27N3O. The number of amides is 1. The molecule has 0 radical (unpaired) electrons. The van der Waals surface area contributed by atoms with Crippen LogP contribution in [-0.4, -0.2) is 47.9 Å². The fourth-order valence-corrected chi connectivity index (χ4v) is 3.66. The predicted octanol–water partition coefficient (Wildman–Crippen LogP) is 3.55. The molecule has 0 spiro atoms. The van der Waals surface area contributed by atoms with Crippen LogP contribution in [0.3, 0.4) is 0 Å². The van der Waals surface area contributed by atoms with E-state index in [4.69, 9.17) is 0 Å². The third kappa shape index (κ3) is 3.13. The Morgan fingerprint density at radius 2 is 1.91 bits per heavy atom. The average Bonchev–Trinajstić information content (AvgIpc) is 3.14. The largest absolute Gasteiger partial charge is 0.350 e. The van der Waals surface area contributed by atoms with Crippen LogP contribution in [0.1, 0.15) is 47.3 Å². The first-order valence-corrected chi connectivity index (χ1v) is 8.50. The molecule has 1 N–H and O–H groups in total. The van der Waals surface area contributed by atoms with Gasteiger partial charge >= 0.3 is 0 Å². The minimum absolute atomic E-state index is 0.127. The summed E-state index contributed by atoms with van der Waals surface area (Å²) >= 11 is 0. The van der Waals surface area contributed by atoms with E-state index in [-0.39, 0.29) is 5.91 Å². The molecule has 2 aromatic rings. The number of nitrogens with one attached hydrogen (secondary N) is 1. The second-order valence-corrected chi connectivity index (χ2v) is 7.12. The number of hydrogen-bond donors (Lipinski definition) is 1. The van der Waals surface area contributed by atoms with E-state index >= 15 is 0 Å². The molecule has 1 amide bonds. The topological polar surface area (TPSA) is 39.3 Å². The zero-order valence-corrected chi connectivity index (χ0v) is 14.6. The van der Waals surface area contributed by atoms with Crippen LogP contribution in [0.4, 0.5) is 0 Å². The minimum Gasteiger partial charge on any atom is -0.350 e. The maximum Gasteiger partial charge on any atom is 0.270 e. The van der Waals surface area contributed by atoms with Gasteiger partial charge in [0.15, 0.2) is 0 Å². The molecule has 0 bridgehead atoms. The van der Waals surface area contributed by atoms with Gasteiger partial charge in [-0.25, -0.2) is 0 Å². The first-order chi connectivity index (χ1) is 11.0. The third-order valence-corrected chi connectivity index (χ3v) is 4.94. The number of aromatic amines is 1. The summed E-state index contributed by atoms with van der Waals surface area (Å²) in [6.07, 6.45) is 4.73. The van der Waals surface area contributed by atoms with Gasteiger partial charge in [-0.15, -0.1) is 0 Å². The van der Waals surface area contributed by atoms with E-state index in [1.54, 1.807) is 0 Å². The number of carbonyl (C=O) groups is 1. The first-order valence-electron chi connectivity index (χ1n) is 8.50. The SMILES string of the molecule is Cc1ccc2[nH]c(C(=O)N(C)C3CCCC3)c(CN(C)C)c2c1. The summed E-state index contributed by atoms with van der Waals surface area (Å²) in [4.78, 5) is 20.5. The molecule has 23 heavy (non-hydrogen) atoms. The Labute approximate surface area is 138 Å². The molecule has 0 aliphatic heterocycles. The summed E-state index contributed by atoms with van der Waals surface area (Å²) in [5, 5.41) is 1.17. The Balaban J connectivity index is 2.02. The number of aryl methyl sites for hydroxylation is 1. The van der Waals surface area contributed by atoms with Crippen LogP contribution in [-0.2, 0) is 6.54 Å². The molecule has 3 rings (SSSR count). The molecule has 1 aromatic heterocycles. The van der Waals surface area contributed by atoms with Crippen molar-refractivity contribution in [2.75, 3.05) is 21.1 Å². The second kappa shape index (κ2) is 6.36. The van der Waals surface area contributed by atoms with Gasteiger partial charge in [0, 0.05) is 36.1 Å². The Morgan fingerprint density at radius 1 is 1.22 bits per heavy atom. The molecule has 0 unspecified atom stereocenters. The van der Waals surface area contributed by atoms with E-state index in [1.807, 2.05) is 26.0 Å². The van der Waals surface area contributed by atoms with Crippen molar-refractivity contribution < 1.29 is 4.79 Å². The molecule has 124 valence electrons. The van der Waals surface area contributed by atoms with Crippen LogP contribution in [0.5, 0.6) is 0 Å². The van der Waals surface area contributed by atoms with E-state index < -0.39 is 0 Å². The van der Waals surface area contributed by atoms with E-state index in [0.717, 1.165) is 36.2 Å². The van der Waals surface area contributed by atoms with E-state index in [0.29, 0.717) is 6.04 Å². The number of benzene rings is 1. The third-order valence-electron chi connectivity index (χ3n) is 4.94. The van der Waals surface area contributed by atoms with Crippen molar-refractivity contribution in [3.8, 4) is 0 Å². The molecule has 1 fully saturated rings. The molecule has 0 saturated heterocycles. The molecule has 1 aliphatic rings. The van der Waals surface area contributed by atoms with Crippen molar-refractivity contribution in [2.24, 2.45) is 0 Å². The number of nitrogens with zero attached hydrogens (tertiary/aromatic N) is 2. The molecule has 0 atom stereocenters. The van der Waals surface area contributed by atoms with E-state index in [2.05, 4.69) is 35.0 Å². The van der Waals surface area contributed by atoms with Gasteiger partial charge in [-0.1, -0.05) is 24.5 Å². The second-order valence-electron chi connectivity index (χ2n) is 7.12. The highest BCUT2D eigenvalue weighted by molar-refractivity contribution is 6.01. The molecular weight excluding hydrogens is 286 g/mol. The van der Waals surface area contributed by atoms with Crippen LogP contribution in [0.15, 0.2) is 18.2 Å². The lowest BCUT2D eigenvalue weighted by molar-refractivity contribution is 0.0728. The number of rotatable bonds is 4. The molecule has 1 saturated carbocycles. The lowest BCUT2D eigenvalue weighted by Crippen LogP contribution is -2.36. The van der Waals surface area contributed by atoms with Crippen LogP contribution in [0.25, 0.3) is 10.9 Å². The molecule has 1 heterocycles. The fourth-order valence-electron chi connectivity index (χ4n) is 3.66. The number of hydrogen-bond acceptors (Lipinski definition) is 2. The Morgan fingerprint density at radius 3 is 2.57 bits per heavy atom. The van der Waals surface area contributed by atoms with Crippen molar-refractivity contribution in [3.63, 3.8) is 0 Å². The first kappa shape index (κ1) is 16.1. The number of aromatic nitrogens is 1. The summed E-state index contributed by atoms with van der Waals surface area (Å²) in [5.41, 5.74) is 4.15. The summed E-state index contributed by atoms with van der Waals surface area (Å²) in [6.45, 7) is 2.86. The van der Waals surface area contributed by atoms with Crippen molar-refractivity contribution in [1.29, 1.82) is 0 Å². The molecule has 1 aliphatic carbocycles. The zero-order chi connectivity index (χ0) is 16.6. The van der Waals surface area contributed by atoms with Gasteiger partial charge in [0.05, 0.1) is 0 Å². The Bertz CT molecular complexity index is 711. The summed E-state index contributed by atoms with van der Waals surface area (Å²) < 4.78 is 0. The maximum atomic E-state index is 13.1. The fraction of sp³-hybridized carbons (Fsp3) is 0.526. The summed E-state index contributed by atoms with van der Waals surface area (Å²) in [7, 11) is 6.04. The smallest absolute Gasteiger partial charge is 0.270 e. The van der Waals surface area contributed by atoms with Gasteiger partial charge < -0.3 is 14.8 Å². The van der Waals surface area contributed by atoms with E-state index in [9.17, 15) is 4.79 Å². The van der Waals surface area contributed by atoms with Gasteiger partial charge in [0.1, 0.15) is 5.69 Å². The molecule has 4 heteroatoms. The average molecular weight is 313 g/mol. The lowest BCUT2D eigenvalue weighted by atomic mass is 10.1. The highest BCUT2D eigenvalue weighted by atomic mass is 16.2. The molecule has 1 aromatic carbocycles. The van der Waals surface area contributed by atoms with Crippen molar-refractivity contribution in [1.82, 2.24) is 14.8 Å². The van der Waals surface area contributed by atoms with Crippen LogP contribution in [0, 0.1) is 6.92 Å². The lowest BCUT2D eigenvalue weighted by Gasteiger charge is -2.24. The zero-order valence-electron chi connectivity index (χ0n) is 14.6. The number of fused-ring (bicyclic) bond motifs is 1. The van der Waals surface area contributed by atoms with Crippen LogP contribution in [0.2, 0.25) is 0 Å². The standard InChI is InChI=1S/C19H27N3O/c1-13-9-10-17-15(11-13)16(12-21(2)3)18(20-17)19(23)22(4)14-7-5-6-8-14/h9-11,14,20H,5-8,12H2,1-4H3. The van der Waals surface area contributed by atoms with Crippen molar-refractivity contribution in [3.05, 3.63) is 35.0 Å². The van der Waals surface area contributed by atoms with Gasteiger partial charge in [0.25, 0.3) is 5.91 Å². The minimum atomic E-state index is 0.127. The highest BCUT2D eigenvalue weighted by Crippen LogP contribution is 2.28. The van der Waals surface area contributed by atoms with Crippen molar-refractivity contribution in [2.45, 2.75) is 45.2 Å². The normalized spacial score (nSPS) is 15.7. The van der Waals surface area contributed by atoms with Crippen molar-refractivity contribution >= 4 is 16.8 Å². The van der Waals surface area contributed by atoms with Gasteiger partial charge in [-0.05, 0) is 46.0 Å². The number of H-pyrrole nitrogens is 1. The van der Waals surface area contributed by atoms with Gasteiger partial charge in [-0.2, -0.15) is 0 Å². The summed E-state index contributed by atoms with van der Waals surface area (Å²) in [5.74, 6) is 0.127. The Kier molecular flexibility index (Phi) is 4.44. The Hall–Kier alpha value is -1.81. The van der Waals surface area contributed by atoms with Crippen LogP contribution >= 0.6 is 0 Å². The quantitative estimate of drug-likeness (QED) is 0.937. The van der Waals surface area contributed by atoms with E-state index in [1.165, 1.54) is 23.8 Å². The monoisotopic (exact) mass is 313 g/mol. The maximum absolute atomic E-state index is 13.1. The highest BCUT2D eigenvalue weighted by Gasteiger charge is 2.27. The van der Waals surface area contributed by atoms with Gasteiger partial charge in [0.2, 0.25) is 0 Å². The predicted molar refractivity (Wildman–Crippen MR) is 94.8 cm³/mol.